The van der Waals surface area contributed by atoms with Crippen LogP contribution in [0.5, 0.6) is 0 Å². The Bertz CT molecular complexity index is 1010. The van der Waals surface area contributed by atoms with E-state index in [0.29, 0.717) is 29.8 Å². The van der Waals surface area contributed by atoms with E-state index in [2.05, 4.69) is 46.2 Å². The number of pyridine rings is 1. The van der Waals surface area contributed by atoms with Crippen LogP contribution in [0.2, 0.25) is 0 Å². The average Bonchev–Trinajstić information content (AvgIpc) is 3.07. The zero-order chi connectivity index (χ0) is 19.3. The number of nitrogens with one attached hydrogen (secondary N) is 3. The van der Waals surface area contributed by atoms with Gasteiger partial charge in [0.1, 0.15) is 27.5 Å². The van der Waals surface area contributed by atoms with E-state index in [-0.39, 0.29) is 10.8 Å². The molecular formula is C16H17BrN6O2S2. The Hall–Kier alpha value is -2.08. The normalized spacial score (nSPS) is 11.3. The summed E-state index contributed by atoms with van der Waals surface area (Å²) in [5.74, 6) is 2.46. The van der Waals surface area contributed by atoms with Crippen molar-refractivity contribution in [3.05, 3.63) is 52.2 Å². The summed E-state index contributed by atoms with van der Waals surface area (Å²) in [5, 5.41) is 6.20. The van der Waals surface area contributed by atoms with E-state index in [1.165, 1.54) is 0 Å². The number of thiophene rings is 1. The van der Waals surface area contributed by atoms with Crippen molar-refractivity contribution in [2.75, 3.05) is 23.7 Å². The lowest BCUT2D eigenvalue weighted by Crippen LogP contribution is -2.28. The molecule has 142 valence electrons. The molecule has 0 aliphatic rings. The molecule has 0 fully saturated rings. The fourth-order valence-corrected chi connectivity index (χ4v) is 5.27. The van der Waals surface area contributed by atoms with Crippen molar-refractivity contribution >= 4 is 54.7 Å². The first-order valence-corrected chi connectivity index (χ1v) is 11.0. The van der Waals surface area contributed by atoms with Gasteiger partial charge in [-0.05, 0) is 47.1 Å². The van der Waals surface area contributed by atoms with Crippen LogP contribution in [0.25, 0.3) is 0 Å². The Morgan fingerprint density at radius 3 is 2.59 bits per heavy atom. The van der Waals surface area contributed by atoms with Crippen LogP contribution < -0.4 is 15.4 Å². The molecule has 27 heavy (non-hydrogen) atoms. The lowest BCUT2D eigenvalue weighted by Gasteiger charge is -2.10. The minimum atomic E-state index is -3.51. The molecule has 0 spiro atoms. The fraction of sp³-hybridized carbons (Fsp3) is 0.188. The van der Waals surface area contributed by atoms with Gasteiger partial charge >= 0.3 is 0 Å². The highest BCUT2D eigenvalue weighted by atomic mass is 79.9. The topological polar surface area (TPSA) is 109 Å². The van der Waals surface area contributed by atoms with Crippen molar-refractivity contribution in [1.29, 1.82) is 0 Å². The van der Waals surface area contributed by atoms with Gasteiger partial charge in [-0.3, -0.25) is 0 Å². The van der Waals surface area contributed by atoms with Gasteiger partial charge in [-0.1, -0.05) is 6.07 Å². The first-order chi connectivity index (χ1) is 12.9. The van der Waals surface area contributed by atoms with E-state index >= 15 is 0 Å². The summed E-state index contributed by atoms with van der Waals surface area (Å²) >= 11 is 4.43. The maximum absolute atomic E-state index is 12.2. The van der Waals surface area contributed by atoms with Crippen LogP contribution in [0, 0.1) is 6.92 Å². The lowest BCUT2D eigenvalue weighted by atomic mass is 10.4. The highest BCUT2D eigenvalue weighted by molar-refractivity contribution is 9.11. The highest BCUT2D eigenvalue weighted by Crippen LogP contribution is 2.25. The smallest absolute Gasteiger partial charge is 0.250 e. The molecule has 0 radical (unpaired) electrons. The van der Waals surface area contributed by atoms with Crippen molar-refractivity contribution in [3.63, 3.8) is 0 Å². The zero-order valence-electron chi connectivity index (χ0n) is 14.3. The number of aryl methyl sites for hydroxylation is 1. The van der Waals surface area contributed by atoms with Crippen molar-refractivity contribution in [1.82, 2.24) is 19.7 Å². The summed E-state index contributed by atoms with van der Waals surface area (Å²) < 4.78 is 28.0. The Morgan fingerprint density at radius 2 is 1.89 bits per heavy atom. The largest absolute Gasteiger partial charge is 0.369 e. The van der Waals surface area contributed by atoms with Crippen molar-refractivity contribution in [2.45, 2.75) is 11.1 Å². The Kier molecular flexibility index (Phi) is 6.37. The number of anilines is 3. The number of nitrogens with zero attached hydrogens (tertiary/aromatic N) is 3. The second-order valence-corrected chi connectivity index (χ2v) is 9.87. The lowest BCUT2D eigenvalue weighted by molar-refractivity contribution is 0.585. The quantitative estimate of drug-likeness (QED) is 0.435. The molecule has 3 rings (SSSR count). The van der Waals surface area contributed by atoms with E-state index in [9.17, 15) is 8.42 Å². The van der Waals surface area contributed by atoms with Crippen molar-refractivity contribution < 1.29 is 8.42 Å². The second-order valence-electron chi connectivity index (χ2n) is 5.41. The second kappa shape index (κ2) is 8.74. The molecule has 3 aromatic heterocycles. The molecule has 0 unspecified atom stereocenters. The third-order valence-corrected chi connectivity index (χ3v) is 6.87. The van der Waals surface area contributed by atoms with Crippen LogP contribution in [0.3, 0.4) is 0 Å². The average molecular weight is 469 g/mol. The molecule has 0 saturated carbocycles. The number of sulfonamides is 1. The third kappa shape index (κ3) is 5.70. The summed E-state index contributed by atoms with van der Waals surface area (Å²) in [7, 11) is -3.51. The Labute approximate surface area is 169 Å². The highest BCUT2D eigenvalue weighted by Gasteiger charge is 2.15. The number of rotatable bonds is 8. The van der Waals surface area contributed by atoms with Gasteiger partial charge in [-0.25, -0.2) is 28.1 Å². The first-order valence-electron chi connectivity index (χ1n) is 7.95. The molecule has 3 N–H and O–H groups in total. The summed E-state index contributed by atoms with van der Waals surface area (Å²) in [4.78, 5) is 12.8. The molecule has 0 saturated heterocycles. The number of halogens is 1. The van der Waals surface area contributed by atoms with E-state index in [0.717, 1.165) is 15.1 Å². The maximum Gasteiger partial charge on any atom is 0.250 e. The van der Waals surface area contributed by atoms with Gasteiger partial charge < -0.3 is 10.6 Å². The standard InChI is InChI=1S/C16H17BrN6O2S2/c1-11-21-14(10-15(22-11)23-13-4-2-3-7-18-13)19-8-9-20-27(24,25)16-6-5-12(17)26-16/h2-7,10,20H,8-9H2,1H3,(H2,18,19,21,22,23). The van der Waals surface area contributed by atoms with Crippen LogP contribution in [0.1, 0.15) is 5.82 Å². The molecule has 11 heteroatoms. The van der Waals surface area contributed by atoms with Gasteiger partial charge in [-0.2, -0.15) is 0 Å². The van der Waals surface area contributed by atoms with Crippen LogP contribution in [0.4, 0.5) is 17.5 Å². The maximum atomic E-state index is 12.2. The molecule has 0 bridgehead atoms. The Balaban J connectivity index is 1.56. The monoisotopic (exact) mass is 468 g/mol. The van der Waals surface area contributed by atoms with E-state index in [4.69, 9.17) is 0 Å². The molecule has 3 aromatic rings. The molecule has 8 nitrogen and oxygen atoms in total. The van der Waals surface area contributed by atoms with Gasteiger partial charge in [0, 0.05) is 25.4 Å². The van der Waals surface area contributed by atoms with Gasteiger partial charge in [0.2, 0.25) is 10.0 Å². The molecular weight excluding hydrogens is 452 g/mol. The van der Waals surface area contributed by atoms with Gasteiger partial charge in [0.05, 0.1) is 3.79 Å². The molecule has 3 heterocycles. The molecule has 0 aliphatic heterocycles. The summed E-state index contributed by atoms with van der Waals surface area (Å²) in [6, 6.07) is 10.6. The fourth-order valence-electron chi connectivity index (χ4n) is 2.18. The summed E-state index contributed by atoms with van der Waals surface area (Å²) in [6.07, 6.45) is 1.69. The molecule has 0 aliphatic carbocycles. The zero-order valence-corrected chi connectivity index (χ0v) is 17.5. The number of hydrogen-bond acceptors (Lipinski definition) is 8. The van der Waals surface area contributed by atoms with Crippen LogP contribution in [0.15, 0.2) is 50.6 Å². The first kappa shape index (κ1) is 19.7. The Morgan fingerprint density at radius 1 is 1.07 bits per heavy atom. The van der Waals surface area contributed by atoms with Crippen LogP contribution >= 0.6 is 27.3 Å². The van der Waals surface area contributed by atoms with Gasteiger partial charge in [0.25, 0.3) is 0 Å². The minimum absolute atomic E-state index is 0.226. The van der Waals surface area contributed by atoms with E-state index in [1.54, 1.807) is 31.3 Å². The summed E-state index contributed by atoms with van der Waals surface area (Å²) in [5.41, 5.74) is 0. The number of hydrogen-bond donors (Lipinski definition) is 3. The van der Waals surface area contributed by atoms with E-state index < -0.39 is 10.0 Å². The van der Waals surface area contributed by atoms with Gasteiger partial charge in [0.15, 0.2) is 0 Å². The van der Waals surface area contributed by atoms with Crippen LogP contribution in [-0.4, -0.2) is 36.5 Å². The number of aromatic nitrogens is 3. The molecule has 0 aromatic carbocycles. The third-order valence-electron chi connectivity index (χ3n) is 3.30. The molecule has 0 atom stereocenters. The summed E-state index contributed by atoms with van der Waals surface area (Å²) in [6.45, 7) is 2.39. The SMILES string of the molecule is Cc1nc(NCCNS(=O)(=O)c2ccc(Br)s2)cc(Nc2ccccn2)n1. The van der Waals surface area contributed by atoms with Gasteiger partial charge in [-0.15, -0.1) is 11.3 Å². The predicted molar refractivity (Wildman–Crippen MR) is 110 cm³/mol. The van der Waals surface area contributed by atoms with Crippen molar-refractivity contribution in [2.24, 2.45) is 0 Å². The van der Waals surface area contributed by atoms with Crippen LogP contribution in [-0.2, 0) is 10.0 Å². The minimum Gasteiger partial charge on any atom is -0.369 e. The predicted octanol–water partition coefficient (Wildman–Crippen LogP) is 3.14. The van der Waals surface area contributed by atoms with E-state index in [1.807, 2.05) is 18.2 Å². The van der Waals surface area contributed by atoms with Crippen molar-refractivity contribution in [3.8, 4) is 0 Å². The molecule has 0 amide bonds.